The zero-order valence-electron chi connectivity index (χ0n) is 8.12. The third-order valence-corrected chi connectivity index (χ3v) is 2.25. The number of rotatable bonds is 1. The van der Waals surface area contributed by atoms with Crippen LogP contribution in [0.4, 0.5) is 0 Å². The van der Waals surface area contributed by atoms with E-state index < -0.39 is 0 Å². The third-order valence-electron chi connectivity index (χ3n) is 2.25. The highest BCUT2D eigenvalue weighted by Crippen LogP contribution is 2.19. The molecule has 2 rings (SSSR count). The molecule has 0 spiro atoms. The van der Waals surface area contributed by atoms with Crippen molar-refractivity contribution < 1.29 is 0 Å². The average molecular weight is 174 g/mol. The minimum atomic E-state index is 1.02. The van der Waals surface area contributed by atoms with Gasteiger partial charge in [-0.25, -0.2) is 0 Å². The molecule has 0 atom stereocenters. The number of benzene rings is 1. The summed E-state index contributed by atoms with van der Waals surface area (Å²) >= 11 is 0. The molecular weight excluding hydrogens is 160 g/mol. The Kier molecular flexibility index (Phi) is 2.05. The van der Waals surface area contributed by atoms with Crippen LogP contribution in [0, 0.1) is 0 Å². The van der Waals surface area contributed by atoms with Gasteiger partial charge in [0.2, 0.25) is 0 Å². The highest BCUT2D eigenvalue weighted by Gasteiger charge is 2.15. The molecule has 0 radical (unpaired) electrons. The number of nitrogens with zero attached hydrogens (tertiary/aromatic N) is 2. The fourth-order valence-electron chi connectivity index (χ4n) is 1.76. The second-order valence-electron chi connectivity index (χ2n) is 3.64. The van der Waals surface area contributed by atoms with Crippen LogP contribution in [0.25, 0.3) is 0 Å². The maximum absolute atomic E-state index is 4.44. The van der Waals surface area contributed by atoms with E-state index in [9.17, 15) is 0 Å². The zero-order chi connectivity index (χ0) is 9.26. The Hall–Kier alpha value is -1.31. The molecule has 0 N–H and O–H groups in total. The molecule has 1 aromatic carbocycles. The second-order valence-corrected chi connectivity index (χ2v) is 3.64. The van der Waals surface area contributed by atoms with Gasteiger partial charge in [0.15, 0.2) is 0 Å². The number of fused-ring (bicyclic) bond motifs is 1. The molecule has 1 aliphatic carbocycles. The van der Waals surface area contributed by atoms with Crippen molar-refractivity contribution >= 4 is 5.71 Å². The molecule has 2 nitrogen and oxygen atoms in total. The standard InChI is InChI=1S/C11H14N2/c1-13(2)12-11-7-9-5-3-4-6-10(9)8-11/h3-6H,7-8H2,1-2H3. The van der Waals surface area contributed by atoms with Crippen LogP contribution in [0.1, 0.15) is 11.1 Å². The average Bonchev–Trinajstić information content (AvgIpc) is 2.44. The number of hydrogen-bond donors (Lipinski definition) is 0. The summed E-state index contributed by atoms with van der Waals surface area (Å²) in [6.45, 7) is 0. The van der Waals surface area contributed by atoms with Gasteiger partial charge in [-0.05, 0) is 11.1 Å². The molecule has 0 fully saturated rings. The van der Waals surface area contributed by atoms with Crippen LogP contribution < -0.4 is 0 Å². The van der Waals surface area contributed by atoms with Gasteiger partial charge in [0, 0.05) is 32.6 Å². The van der Waals surface area contributed by atoms with Crippen molar-refractivity contribution in [3.8, 4) is 0 Å². The largest absolute Gasteiger partial charge is 0.303 e. The Morgan fingerprint density at radius 2 is 1.62 bits per heavy atom. The molecule has 68 valence electrons. The highest BCUT2D eigenvalue weighted by atomic mass is 15.4. The van der Waals surface area contributed by atoms with E-state index in [-0.39, 0.29) is 0 Å². The van der Waals surface area contributed by atoms with Crippen LogP contribution in [-0.2, 0) is 12.8 Å². The lowest BCUT2D eigenvalue weighted by atomic mass is 10.1. The monoisotopic (exact) mass is 174 g/mol. The van der Waals surface area contributed by atoms with E-state index in [4.69, 9.17) is 0 Å². The van der Waals surface area contributed by atoms with Crippen molar-refractivity contribution in [3.05, 3.63) is 35.4 Å². The molecule has 0 saturated carbocycles. The van der Waals surface area contributed by atoms with Crippen molar-refractivity contribution in [2.24, 2.45) is 5.10 Å². The lowest BCUT2D eigenvalue weighted by molar-refractivity contribution is 0.436. The van der Waals surface area contributed by atoms with Crippen LogP contribution in [0.3, 0.4) is 0 Å². The van der Waals surface area contributed by atoms with E-state index in [0.717, 1.165) is 12.8 Å². The molecule has 2 heteroatoms. The molecule has 13 heavy (non-hydrogen) atoms. The van der Waals surface area contributed by atoms with Gasteiger partial charge in [-0.3, -0.25) is 0 Å². The normalized spacial score (nSPS) is 14.2. The van der Waals surface area contributed by atoms with Crippen LogP contribution in [0.5, 0.6) is 0 Å². The van der Waals surface area contributed by atoms with Gasteiger partial charge in [-0.15, -0.1) is 0 Å². The molecule has 0 unspecified atom stereocenters. The lowest BCUT2D eigenvalue weighted by Crippen LogP contribution is -2.08. The maximum Gasteiger partial charge on any atom is 0.0468 e. The molecule has 1 aromatic rings. The smallest absolute Gasteiger partial charge is 0.0468 e. The number of hydrazone groups is 1. The summed E-state index contributed by atoms with van der Waals surface area (Å²) < 4.78 is 0. The maximum atomic E-state index is 4.44. The lowest BCUT2D eigenvalue weighted by Gasteiger charge is -2.04. The fraction of sp³-hybridized carbons (Fsp3) is 0.364. The van der Waals surface area contributed by atoms with Gasteiger partial charge in [-0.1, -0.05) is 24.3 Å². The quantitative estimate of drug-likeness (QED) is 0.592. The highest BCUT2D eigenvalue weighted by molar-refractivity contribution is 5.92. The van der Waals surface area contributed by atoms with Crippen LogP contribution in [0.15, 0.2) is 29.4 Å². The van der Waals surface area contributed by atoms with Gasteiger partial charge in [0.25, 0.3) is 0 Å². The summed E-state index contributed by atoms with van der Waals surface area (Å²) in [5.74, 6) is 0. The first-order valence-electron chi connectivity index (χ1n) is 4.56. The van der Waals surface area contributed by atoms with E-state index in [1.54, 1.807) is 0 Å². The Morgan fingerprint density at radius 3 is 2.08 bits per heavy atom. The molecule has 0 aliphatic heterocycles. The number of hydrogen-bond acceptors (Lipinski definition) is 2. The summed E-state index contributed by atoms with van der Waals surface area (Å²) in [7, 11) is 3.94. The summed E-state index contributed by atoms with van der Waals surface area (Å²) in [6.07, 6.45) is 2.04. The predicted octanol–water partition coefficient (Wildman–Crippen LogP) is 1.70. The molecule has 0 amide bonds. The minimum Gasteiger partial charge on any atom is -0.303 e. The molecule has 0 bridgehead atoms. The van der Waals surface area contributed by atoms with Crippen molar-refractivity contribution in [3.63, 3.8) is 0 Å². The van der Waals surface area contributed by atoms with Crippen molar-refractivity contribution in [2.75, 3.05) is 14.1 Å². The summed E-state index contributed by atoms with van der Waals surface area (Å²) in [6, 6.07) is 8.57. The van der Waals surface area contributed by atoms with Crippen LogP contribution >= 0.6 is 0 Å². The van der Waals surface area contributed by atoms with Gasteiger partial charge in [0.05, 0.1) is 0 Å². The Labute approximate surface area is 78.9 Å². The SMILES string of the molecule is CN(C)N=C1Cc2ccccc2C1. The van der Waals surface area contributed by atoms with Crippen LogP contribution in [0.2, 0.25) is 0 Å². The van der Waals surface area contributed by atoms with Crippen molar-refractivity contribution in [2.45, 2.75) is 12.8 Å². The Balaban J connectivity index is 2.23. The topological polar surface area (TPSA) is 15.6 Å². The minimum absolute atomic E-state index is 1.02. The van der Waals surface area contributed by atoms with Gasteiger partial charge >= 0.3 is 0 Å². The van der Waals surface area contributed by atoms with E-state index in [2.05, 4.69) is 29.4 Å². The summed E-state index contributed by atoms with van der Waals surface area (Å²) in [4.78, 5) is 0. The van der Waals surface area contributed by atoms with Crippen LogP contribution in [-0.4, -0.2) is 24.8 Å². The molecule has 0 heterocycles. The van der Waals surface area contributed by atoms with E-state index in [1.165, 1.54) is 16.8 Å². The predicted molar refractivity (Wildman–Crippen MR) is 55.0 cm³/mol. The Morgan fingerprint density at radius 1 is 1.08 bits per heavy atom. The van der Waals surface area contributed by atoms with E-state index in [1.807, 2.05) is 19.1 Å². The van der Waals surface area contributed by atoms with Crippen molar-refractivity contribution in [1.82, 2.24) is 5.01 Å². The fourth-order valence-corrected chi connectivity index (χ4v) is 1.76. The summed E-state index contributed by atoms with van der Waals surface area (Å²) in [5.41, 5.74) is 4.14. The van der Waals surface area contributed by atoms with Gasteiger partial charge < -0.3 is 5.01 Å². The molecule has 1 aliphatic rings. The third kappa shape index (κ3) is 1.72. The van der Waals surface area contributed by atoms with E-state index in [0.29, 0.717) is 0 Å². The van der Waals surface area contributed by atoms with Gasteiger partial charge in [-0.2, -0.15) is 5.10 Å². The second kappa shape index (κ2) is 3.21. The summed E-state index contributed by atoms with van der Waals surface area (Å²) in [5, 5.41) is 6.32. The molecular formula is C11H14N2. The molecule has 0 aromatic heterocycles. The Bertz CT molecular complexity index is 313. The van der Waals surface area contributed by atoms with Gasteiger partial charge in [0.1, 0.15) is 0 Å². The molecule has 0 saturated heterocycles. The first-order valence-corrected chi connectivity index (χ1v) is 4.56. The first-order chi connectivity index (χ1) is 6.25. The first kappa shape index (κ1) is 8.30. The van der Waals surface area contributed by atoms with E-state index >= 15 is 0 Å². The zero-order valence-corrected chi connectivity index (χ0v) is 8.12. The van der Waals surface area contributed by atoms with Crippen molar-refractivity contribution in [1.29, 1.82) is 0 Å².